The molecule has 1 saturated heterocycles. The Hall–Kier alpha value is -1.84. The summed E-state index contributed by atoms with van der Waals surface area (Å²) in [6.07, 6.45) is 0.944. The number of Topliss-reactive ketones (excluding diaryl/α,β-unsaturated/α-hetero) is 1. The average molecular weight is 232 g/mol. The molecule has 1 amide bonds. The molecule has 0 unspecified atom stereocenters. The first-order chi connectivity index (χ1) is 8.09. The van der Waals surface area contributed by atoms with Crippen molar-refractivity contribution in [2.45, 2.75) is 19.8 Å². The summed E-state index contributed by atoms with van der Waals surface area (Å²) in [4.78, 5) is 22.7. The second kappa shape index (κ2) is 4.57. The van der Waals surface area contributed by atoms with Crippen molar-refractivity contribution in [3.63, 3.8) is 0 Å². The molecule has 90 valence electrons. The average Bonchev–Trinajstić information content (AvgIpc) is 2.60. The Labute approximate surface area is 101 Å². The minimum Gasteiger partial charge on any atom is -0.300 e. The van der Waals surface area contributed by atoms with Crippen molar-refractivity contribution >= 4 is 17.4 Å². The Balaban J connectivity index is 2.31. The predicted molar refractivity (Wildman–Crippen MR) is 65.6 cm³/mol. The van der Waals surface area contributed by atoms with Crippen LogP contribution in [0, 0.1) is 0 Å². The standard InChI is InChI=1S/C13H16N2O2/c1-10(16)9-11-5-3-4-6-12(11)15-8-7-13(17)14(15)2/h3-6H,7-9H2,1-2H3. The van der Waals surface area contributed by atoms with Gasteiger partial charge in [0.2, 0.25) is 5.91 Å². The van der Waals surface area contributed by atoms with Gasteiger partial charge >= 0.3 is 0 Å². The second-order valence-electron chi connectivity index (χ2n) is 4.30. The van der Waals surface area contributed by atoms with Crippen LogP contribution in [0.4, 0.5) is 5.69 Å². The number of anilines is 1. The van der Waals surface area contributed by atoms with Crippen molar-refractivity contribution in [3.8, 4) is 0 Å². The number of benzene rings is 1. The zero-order valence-electron chi connectivity index (χ0n) is 10.1. The Bertz CT molecular complexity index is 456. The third kappa shape index (κ3) is 2.30. The zero-order valence-corrected chi connectivity index (χ0v) is 10.1. The van der Waals surface area contributed by atoms with Gasteiger partial charge in [0.15, 0.2) is 0 Å². The van der Waals surface area contributed by atoms with Crippen molar-refractivity contribution in [3.05, 3.63) is 29.8 Å². The Morgan fingerprint density at radius 3 is 2.65 bits per heavy atom. The van der Waals surface area contributed by atoms with Crippen LogP contribution in [-0.2, 0) is 16.0 Å². The van der Waals surface area contributed by atoms with Crippen LogP contribution in [0.2, 0.25) is 0 Å². The molecular weight excluding hydrogens is 216 g/mol. The fourth-order valence-electron chi connectivity index (χ4n) is 2.11. The van der Waals surface area contributed by atoms with E-state index in [1.54, 1.807) is 19.0 Å². The summed E-state index contributed by atoms with van der Waals surface area (Å²) < 4.78 is 0. The third-order valence-electron chi connectivity index (χ3n) is 2.97. The molecule has 2 rings (SSSR count). The van der Waals surface area contributed by atoms with Gasteiger partial charge in [0.1, 0.15) is 5.78 Å². The van der Waals surface area contributed by atoms with Crippen molar-refractivity contribution in [2.75, 3.05) is 18.6 Å². The number of carbonyl (C=O) groups is 2. The van der Waals surface area contributed by atoms with Gasteiger partial charge in [-0.05, 0) is 18.6 Å². The van der Waals surface area contributed by atoms with Gasteiger partial charge in [-0.15, -0.1) is 0 Å². The summed E-state index contributed by atoms with van der Waals surface area (Å²) >= 11 is 0. The van der Waals surface area contributed by atoms with Crippen LogP contribution >= 0.6 is 0 Å². The van der Waals surface area contributed by atoms with E-state index in [0.29, 0.717) is 19.4 Å². The monoisotopic (exact) mass is 232 g/mol. The molecule has 0 spiro atoms. The highest BCUT2D eigenvalue weighted by Crippen LogP contribution is 2.25. The molecule has 0 saturated carbocycles. The van der Waals surface area contributed by atoms with Crippen LogP contribution in [0.25, 0.3) is 0 Å². The first-order valence-corrected chi connectivity index (χ1v) is 5.71. The van der Waals surface area contributed by atoms with E-state index in [1.807, 2.05) is 29.3 Å². The Morgan fingerprint density at radius 2 is 2.06 bits per heavy atom. The molecule has 1 aromatic carbocycles. The molecule has 4 heteroatoms. The lowest BCUT2D eigenvalue weighted by molar-refractivity contribution is -0.126. The Morgan fingerprint density at radius 1 is 1.35 bits per heavy atom. The number of hydrogen-bond acceptors (Lipinski definition) is 3. The summed E-state index contributed by atoms with van der Waals surface area (Å²) in [7, 11) is 1.76. The third-order valence-corrected chi connectivity index (χ3v) is 2.97. The smallest absolute Gasteiger partial charge is 0.242 e. The lowest BCUT2D eigenvalue weighted by Gasteiger charge is -2.28. The molecule has 0 bridgehead atoms. The van der Waals surface area contributed by atoms with E-state index >= 15 is 0 Å². The molecule has 17 heavy (non-hydrogen) atoms. The van der Waals surface area contributed by atoms with E-state index in [-0.39, 0.29) is 11.7 Å². The van der Waals surface area contributed by atoms with Crippen molar-refractivity contribution < 1.29 is 9.59 Å². The maximum atomic E-state index is 11.5. The molecule has 0 atom stereocenters. The van der Waals surface area contributed by atoms with Gasteiger partial charge in [-0.2, -0.15) is 0 Å². The van der Waals surface area contributed by atoms with E-state index in [9.17, 15) is 9.59 Å². The highest BCUT2D eigenvalue weighted by molar-refractivity contribution is 5.84. The van der Waals surface area contributed by atoms with Crippen LogP contribution in [-0.4, -0.2) is 30.3 Å². The molecule has 1 aromatic rings. The van der Waals surface area contributed by atoms with Crippen LogP contribution in [0.15, 0.2) is 24.3 Å². The van der Waals surface area contributed by atoms with Gasteiger partial charge in [-0.25, -0.2) is 0 Å². The van der Waals surface area contributed by atoms with Gasteiger partial charge < -0.3 is 0 Å². The normalized spacial score (nSPS) is 15.5. The number of nitrogens with zero attached hydrogens (tertiary/aromatic N) is 2. The Kier molecular flexibility index (Phi) is 3.13. The molecule has 0 aliphatic carbocycles. The highest BCUT2D eigenvalue weighted by atomic mass is 16.2. The molecule has 0 radical (unpaired) electrons. The molecule has 4 nitrogen and oxygen atoms in total. The van der Waals surface area contributed by atoms with Gasteiger partial charge in [-0.3, -0.25) is 19.6 Å². The SMILES string of the molecule is CC(=O)Cc1ccccc1N1CCC(=O)N1C. The predicted octanol–water partition coefficient (Wildman–Crippen LogP) is 1.40. The van der Waals surface area contributed by atoms with E-state index < -0.39 is 0 Å². The van der Waals surface area contributed by atoms with E-state index in [0.717, 1.165) is 11.3 Å². The first-order valence-electron chi connectivity index (χ1n) is 5.71. The lowest BCUT2D eigenvalue weighted by atomic mass is 10.1. The number of ketones is 1. The summed E-state index contributed by atoms with van der Waals surface area (Å²) in [5.41, 5.74) is 1.93. The van der Waals surface area contributed by atoms with E-state index in [2.05, 4.69) is 0 Å². The molecule has 0 aromatic heterocycles. The minimum atomic E-state index is 0.114. The fraction of sp³-hybridized carbons (Fsp3) is 0.385. The summed E-state index contributed by atoms with van der Waals surface area (Å²) in [5, 5.41) is 3.56. The van der Waals surface area contributed by atoms with Crippen molar-refractivity contribution in [2.24, 2.45) is 0 Å². The molecule has 0 N–H and O–H groups in total. The van der Waals surface area contributed by atoms with Gasteiger partial charge in [0, 0.05) is 26.4 Å². The topological polar surface area (TPSA) is 40.6 Å². The molecular formula is C13H16N2O2. The van der Waals surface area contributed by atoms with Gasteiger partial charge in [0.25, 0.3) is 0 Å². The summed E-state index contributed by atoms with van der Waals surface area (Å²) in [6.45, 7) is 2.26. The first kappa shape index (κ1) is 11.6. The van der Waals surface area contributed by atoms with E-state index in [1.165, 1.54) is 0 Å². The molecule has 1 aliphatic rings. The number of hydrazine groups is 1. The van der Waals surface area contributed by atoms with Gasteiger partial charge in [-0.1, -0.05) is 18.2 Å². The summed E-state index contributed by atoms with van der Waals surface area (Å²) in [6, 6.07) is 7.73. The van der Waals surface area contributed by atoms with Crippen molar-refractivity contribution in [1.29, 1.82) is 0 Å². The maximum absolute atomic E-state index is 11.5. The number of carbonyl (C=O) groups excluding carboxylic acids is 2. The summed E-state index contributed by atoms with van der Waals surface area (Å²) in [5.74, 6) is 0.244. The fourth-order valence-corrected chi connectivity index (χ4v) is 2.11. The second-order valence-corrected chi connectivity index (χ2v) is 4.30. The molecule has 1 heterocycles. The maximum Gasteiger partial charge on any atom is 0.242 e. The van der Waals surface area contributed by atoms with Gasteiger partial charge in [0.05, 0.1) is 5.69 Å². The molecule has 1 aliphatic heterocycles. The highest BCUT2D eigenvalue weighted by Gasteiger charge is 2.26. The largest absolute Gasteiger partial charge is 0.300 e. The number of rotatable bonds is 3. The van der Waals surface area contributed by atoms with Crippen molar-refractivity contribution in [1.82, 2.24) is 5.01 Å². The number of para-hydroxylation sites is 1. The van der Waals surface area contributed by atoms with Crippen LogP contribution < -0.4 is 5.01 Å². The van der Waals surface area contributed by atoms with Crippen LogP contribution in [0.1, 0.15) is 18.9 Å². The molecule has 1 fully saturated rings. The lowest BCUT2D eigenvalue weighted by Crippen LogP contribution is -2.36. The number of amides is 1. The van der Waals surface area contributed by atoms with E-state index in [4.69, 9.17) is 0 Å². The minimum absolute atomic E-state index is 0.114. The zero-order chi connectivity index (χ0) is 12.4. The van der Waals surface area contributed by atoms with Crippen LogP contribution in [0.5, 0.6) is 0 Å². The van der Waals surface area contributed by atoms with Crippen LogP contribution in [0.3, 0.4) is 0 Å². The quantitative estimate of drug-likeness (QED) is 0.791. The number of hydrogen-bond donors (Lipinski definition) is 0.